The Morgan fingerprint density at radius 3 is 2.80 bits per heavy atom. The Morgan fingerprint density at radius 2 is 2.05 bits per heavy atom. The van der Waals surface area contributed by atoms with E-state index in [0.29, 0.717) is 6.04 Å². The lowest BCUT2D eigenvalue weighted by molar-refractivity contribution is 0.536. The summed E-state index contributed by atoms with van der Waals surface area (Å²) in [7, 11) is 0. The van der Waals surface area contributed by atoms with Crippen LogP contribution in [0.4, 0.5) is 0 Å². The summed E-state index contributed by atoms with van der Waals surface area (Å²) in [5, 5.41) is 5.85. The van der Waals surface area contributed by atoms with Gasteiger partial charge in [-0.3, -0.25) is 4.98 Å². The number of thiophene rings is 2. The van der Waals surface area contributed by atoms with Gasteiger partial charge in [0.05, 0.1) is 0 Å². The molecule has 1 unspecified atom stereocenters. The highest BCUT2D eigenvalue weighted by Crippen LogP contribution is 2.34. The van der Waals surface area contributed by atoms with Gasteiger partial charge in [0.25, 0.3) is 0 Å². The standard InChI is InChI=1S/C16H18N2S2/c1-2-6-18-13(10-12-3-7-17-8-4-12)15-11-16-14(20-15)5-9-19-16/h3-5,7-9,11,13,18H,2,6,10H2,1H3. The summed E-state index contributed by atoms with van der Waals surface area (Å²) in [4.78, 5) is 5.54. The van der Waals surface area contributed by atoms with Crippen LogP contribution in [0.3, 0.4) is 0 Å². The molecule has 0 bridgehead atoms. The zero-order chi connectivity index (χ0) is 13.8. The molecule has 0 radical (unpaired) electrons. The topological polar surface area (TPSA) is 24.9 Å². The maximum absolute atomic E-state index is 4.10. The molecular weight excluding hydrogens is 284 g/mol. The Labute approximate surface area is 127 Å². The molecule has 4 heteroatoms. The second kappa shape index (κ2) is 6.48. The number of hydrogen-bond donors (Lipinski definition) is 1. The summed E-state index contributed by atoms with van der Waals surface area (Å²) in [5.41, 5.74) is 1.34. The number of fused-ring (bicyclic) bond motifs is 1. The molecular formula is C16H18N2S2. The molecule has 0 amide bonds. The first-order valence-electron chi connectivity index (χ1n) is 6.96. The van der Waals surface area contributed by atoms with Gasteiger partial charge < -0.3 is 5.32 Å². The van der Waals surface area contributed by atoms with Gasteiger partial charge in [-0.1, -0.05) is 6.92 Å². The first kappa shape index (κ1) is 13.7. The van der Waals surface area contributed by atoms with Gasteiger partial charge in [-0.2, -0.15) is 0 Å². The minimum Gasteiger partial charge on any atom is -0.309 e. The van der Waals surface area contributed by atoms with Crippen molar-refractivity contribution >= 4 is 32.1 Å². The number of pyridine rings is 1. The van der Waals surface area contributed by atoms with Crippen molar-refractivity contribution < 1.29 is 0 Å². The molecule has 3 aromatic rings. The number of rotatable bonds is 6. The van der Waals surface area contributed by atoms with E-state index in [0.717, 1.165) is 19.4 Å². The number of aromatic nitrogens is 1. The van der Waals surface area contributed by atoms with Crippen molar-refractivity contribution in [3.8, 4) is 0 Å². The average molecular weight is 302 g/mol. The quantitative estimate of drug-likeness (QED) is 0.717. The van der Waals surface area contributed by atoms with Gasteiger partial charge in [-0.05, 0) is 54.6 Å². The summed E-state index contributed by atoms with van der Waals surface area (Å²) in [6, 6.07) is 9.19. The average Bonchev–Trinajstić information content (AvgIpc) is 3.05. The first-order valence-corrected chi connectivity index (χ1v) is 8.65. The van der Waals surface area contributed by atoms with Gasteiger partial charge in [-0.15, -0.1) is 22.7 Å². The molecule has 3 rings (SSSR count). The van der Waals surface area contributed by atoms with Gasteiger partial charge in [0.1, 0.15) is 0 Å². The van der Waals surface area contributed by atoms with E-state index in [9.17, 15) is 0 Å². The second-order valence-corrected chi connectivity index (χ2v) is 6.93. The van der Waals surface area contributed by atoms with Crippen molar-refractivity contribution in [1.82, 2.24) is 10.3 Å². The molecule has 0 fully saturated rings. The largest absolute Gasteiger partial charge is 0.309 e. The van der Waals surface area contributed by atoms with Gasteiger partial charge in [0.15, 0.2) is 0 Å². The molecule has 20 heavy (non-hydrogen) atoms. The minimum atomic E-state index is 0.405. The summed E-state index contributed by atoms with van der Waals surface area (Å²) >= 11 is 3.74. The molecule has 3 aromatic heterocycles. The van der Waals surface area contributed by atoms with Crippen LogP contribution in [0.1, 0.15) is 29.8 Å². The van der Waals surface area contributed by atoms with Crippen molar-refractivity contribution in [3.05, 3.63) is 52.5 Å². The molecule has 0 aromatic carbocycles. The number of nitrogens with zero attached hydrogens (tertiary/aromatic N) is 1. The van der Waals surface area contributed by atoms with E-state index in [-0.39, 0.29) is 0 Å². The van der Waals surface area contributed by atoms with E-state index in [1.54, 1.807) is 0 Å². The molecule has 0 aliphatic rings. The Hall–Kier alpha value is -1.23. The molecule has 104 valence electrons. The zero-order valence-corrected chi connectivity index (χ0v) is 13.1. The Bertz CT molecular complexity index is 629. The third-order valence-electron chi connectivity index (χ3n) is 3.33. The molecule has 0 saturated carbocycles. The van der Waals surface area contributed by atoms with Crippen molar-refractivity contribution in [3.63, 3.8) is 0 Å². The van der Waals surface area contributed by atoms with Crippen LogP contribution in [0, 0.1) is 0 Å². The highest BCUT2D eigenvalue weighted by atomic mass is 32.1. The summed E-state index contributed by atoms with van der Waals surface area (Å²) < 4.78 is 2.81. The fourth-order valence-corrected chi connectivity index (χ4v) is 4.50. The summed E-state index contributed by atoms with van der Waals surface area (Å²) in [5.74, 6) is 0. The smallest absolute Gasteiger partial charge is 0.0456 e. The third-order valence-corrected chi connectivity index (χ3v) is 5.54. The van der Waals surface area contributed by atoms with Crippen LogP contribution in [0.15, 0.2) is 42.0 Å². The van der Waals surface area contributed by atoms with Gasteiger partial charge in [0.2, 0.25) is 0 Å². The predicted molar refractivity (Wildman–Crippen MR) is 88.7 cm³/mol. The van der Waals surface area contributed by atoms with E-state index in [4.69, 9.17) is 0 Å². The monoisotopic (exact) mass is 302 g/mol. The zero-order valence-electron chi connectivity index (χ0n) is 11.5. The molecule has 0 aliphatic carbocycles. The SMILES string of the molecule is CCCNC(Cc1ccncc1)c1cc2sccc2s1. The van der Waals surface area contributed by atoms with Gasteiger partial charge in [-0.25, -0.2) is 0 Å². The molecule has 0 aliphatic heterocycles. The molecule has 3 heterocycles. The van der Waals surface area contributed by atoms with E-state index < -0.39 is 0 Å². The van der Waals surface area contributed by atoms with Crippen molar-refractivity contribution in [2.24, 2.45) is 0 Å². The van der Waals surface area contributed by atoms with Gasteiger partial charge >= 0.3 is 0 Å². The fourth-order valence-electron chi connectivity index (χ4n) is 2.30. The number of hydrogen-bond acceptors (Lipinski definition) is 4. The Balaban J connectivity index is 1.83. The summed E-state index contributed by atoms with van der Waals surface area (Å²) in [6.07, 6.45) is 5.93. The summed E-state index contributed by atoms with van der Waals surface area (Å²) in [6.45, 7) is 3.27. The van der Waals surface area contributed by atoms with Crippen molar-refractivity contribution in [1.29, 1.82) is 0 Å². The van der Waals surface area contributed by atoms with E-state index in [1.165, 1.54) is 19.8 Å². The lowest BCUT2D eigenvalue weighted by atomic mass is 10.1. The van der Waals surface area contributed by atoms with E-state index >= 15 is 0 Å². The molecule has 2 nitrogen and oxygen atoms in total. The Morgan fingerprint density at radius 1 is 1.20 bits per heavy atom. The van der Waals surface area contributed by atoms with E-state index in [2.05, 4.69) is 46.9 Å². The first-order chi connectivity index (χ1) is 9.86. The van der Waals surface area contributed by atoms with Crippen molar-refractivity contribution in [2.45, 2.75) is 25.8 Å². The molecule has 0 saturated heterocycles. The predicted octanol–water partition coefficient (Wildman–Crippen LogP) is 4.64. The Kier molecular flexibility index (Phi) is 4.45. The van der Waals surface area contributed by atoms with Gasteiger partial charge in [0, 0.05) is 32.7 Å². The molecule has 1 N–H and O–H groups in total. The van der Waals surface area contributed by atoms with Crippen LogP contribution in [0.5, 0.6) is 0 Å². The third kappa shape index (κ3) is 3.08. The van der Waals surface area contributed by atoms with E-state index in [1.807, 2.05) is 35.1 Å². The highest BCUT2D eigenvalue weighted by molar-refractivity contribution is 7.26. The maximum atomic E-state index is 4.10. The normalized spacial score (nSPS) is 12.8. The maximum Gasteiger partial charge on any atom is 0.0456 e. The lowest BCUT2D eigenvalue weighted by Crippen LogP contribution is -2.23. The van der Waals surface area contributed by atoms with Crippen LogP contribution in [0.25, 0.3) is 9.40 Å². The van der Waals surface area contributed by atoms with Crippen molar-refractivity contribution in [2.75, 3.05) is 6.54 Å². The highest BCUT2D eigenvalue weighted by Gasteiger charge is 2.15. The lowest BCUT2D eigenvalue weighted by Gasteiger charge is -2.17. The minimum absolute atomic E-state index is 0.405. The fraction of sp³-hybridized carbons (Fsp3) is 0.312. The second-order valence-electron chi connectivity index (χ2n) is 4.86. The molecule has 0 spiro atoms. The number of nitrogens with one attached hydrogen (secondary N) is 1. The van der Waals surface area contributed by atoms with Crippen LogP contribution >= 0.6 is 22.7 Å². The van der Waals surface area contributed by atoms with Crippen LogP contribution in [-0.2, 0) is 6.42 Å². The molecule has 1 atom stereocenters. The van der Waals surface area contributed by atoms with Crippen LogP contribution < -0.4 is 5.32 Å². The van der Waals surface area contributed by atoms with Crippen LogP contribution in [0.2, 0.25) is 0 Å². The van der Waals surface area contributed by atoms with Crippen LogP contribution in [-0.4, -0.2) is 11.5 Å².